The number of carbonyl (C=O) groups is 2. The van der Waals surface area contributed by atoms with Crippen LogP contribution in [-0.2, 0) is 11.0 Å². The van der Waals surface area contributed by atoms with E-state index < -0.39 is 23.6 Å². The average Bonchev–Trinajstić information content (AvgIpc) is 3.01. The minimum Gasteiger partial charge on any atom is -0.478 e. The summed E-state index contributed by atoms with van der Waals surface area (Å²) in [7, 11) is 0. The maximum atomic E-state index is 12.7. The smallest absolute Gasteiger partial charge is 0.416 e. The van der Waals surface area contributed by atoms with Crippen LogP contribution in [0.4, 0.5) is 18.9 Å². The molecule has 0 aliphatic rings. The standard InChI is InChI=1S/C17H12F3N3O3S/c18-17(19,20)10-2-1-3-11(7-10)21-14(24)8-27-16-22-12-5-4-9(15(25)26)6-13(12)23-16/h1-7H,8H2,(H,21,24)(H,22,23)(H,25,26). The number of nitrogens with zero attached hydrogens (tertiary/aromatic N) is 1. The van der Waals surface area contributed by atoms with Gasteiger partial charge in [-0.1, -0.05) is 17.8 Å². The number of aromatic amines is 1. The highest BCUT2D eigenvalue weighted by molar-refractivity contribution is 7.99. The fraction of sp³-hybridized carbons (Fsp3) is 0.118. The van der Waals surface area contributed by atoms with Crippen molar-refractivity contribution < 1.29 is 27.9 Å². The Balaban J connectivity index is 1.64. The summed E-state index contributed by atoms with van der Waals surface area (Å²) in [5.41, 5.74) is 0.354. The molecule has 140 valence electrons. The van der Waals surface area contributed by atoms with Crippen LogP contribution in [0, 0.1) is 0 Å². The third kappa shape index (κ3) is 4.59. The minimum atomic E-state index is -4.49. The van der Waals surface area contributed by atoms with Gasteiger partial charge in [-0.15, -0.1) is 0 Å². The number of anilines is 1. The number of fused-ring (bicyclic) bond motifs is 1. The molecule has 2 aromatic carbocycles. The van der Waals surface area contributed by atoms with Gasteiger partial charge in [0.05, 0.1) is 27.9 Å². The maximum Gasteiger partial charge on any atom is 0.416 e. The molecule has 0 saturated heterocycles. The zero-order valence-corrected chi connectivity index (χ0v) is 14.3. The SMILES string of the molecule is O=C(CSc1nc2ccc(C(=O)O)cc2[nH]1)Nc1cccc(C(F)(F)F)c1. The summed E-state index contributed by atoms with van der Waals surface area (Å²) in [5.74, 6) is -1.64. The van der Waals surface area contributed by atoms with Crippen LogP contribution in [0.1, 0.15) is 15.9 Å². The average molecular weight is 395 g/mol. The van der Waals surface area contributed by atoms with Crippen molar-refractivity contribution in [3.8, 4) is 0 Å². The van der Waals surface area contributed by atoms with Gasteiger partial charge >= 0.3 is 12.1 Å². The number of thioether (sulfide) groups is 1. The van der Waals surface area contributed by atoms with Crippen LogP contribution in [0.15, 0.2) is 47.6 Å². The lowest BCUT2D eigenvalue weighted by molar-refractivity contribution is -0.137. The van der Waals surface area contributed by atoms with Crippen LogP contribution in [0.3, 0.4) is 0 Å². The molecule has 0 atom stereocenters. The Hall–Kier alpha value is -3.01. The van der Waals surface area contributed by atoms with Gasteiger partial charge < -0.3 is 15.4 Å². The Morgan fingerprint density at radius 3 is 2.67 bits per heavy atom. The first-order valence-corrected chi connectivity index (χ1v) is 8.54. The number of imidazole rings is 1. The van der Waals surface area contributed by atoms with E-state index in [1.165, 1.54) is 24.3 Å². The lowest BCUT2D eigenvalue weighted by Gasteiger charge is -2.09. The lowest BCUT2D eigenvalue weighted by atomic mass is 10.2. The zero-order valence-electron chi connectivity index (χ0n) is 13.5. The van der Waals surface area contributed by atoms with Crippen LogP contribution >= 0.6 is 11.8 Å². The van der Waals surface area contributed by atoms with Crippen LogP contribution in [-0.4, -0.2) is 32.7 Å². The number of H-pyrrole nitrogens is 1. The third-order valence-electron chi connectivity index (χ3n) is 3.52. The van der Waals surface area contributed by atoms with E-state index in [-0.39, 0.29) is 17.0 Å². The molecule has 0 unspecified atom stereocenters. The molecule has 1 heterocycles. The van der Waals surface area contributed by atoms with Crippen LogP contribution in [0.2, 0.25) is 0 Å². The Bertz CT molecular complexity index is 1020. The highest BCUT2D eigenvalue weighted by Crippen LogP contribution is 2.30. The number of nitrogens with one attached hydrogen (secondary N) is 2. The first-order chi connectivity index (χ1) is 12.7. The van der Waals surface area contributed by atoms with Crippen LogP contribution in [0.5, 0.6) is 0 Å². The molecular formula is C17H12F3N3O3S. The van der Waals surface area contributed by atoms with Gasteiger partial charge in [-0.2, -0.15) is 13.2 Å². The van der Waals surface area contributed by atoms with Gasteiger partial charge in [-0.05, 0) is 36.4 Å². The Kier molecular flexibility index (Phi) is 5.08. The molecule has 0 radical (unpaired) electrons. The maximum absolute atomic E-state index is 12.7. The number of hydrogen-bond donors (Lipinski definition) is 3. The van der Waals surface area contributed by atoms with E-state index in [1.807, 2.05) is 0 Å². The molecule has 10 heteroatoms. The Labute approximate surface area is 154 Å². The van der Waals surface area contributed by atoms with Gasteiger partial charge in [-0.25, -0.2) is 9.78 Å². The third-order valence-corrected chi connectivity index (χ3v) is 4.39. The molecule has 6 nitrogen and oxygen atoms in total. The number of benzene rings is 2. The summed E-state index contributed by atoms with van der Waals surface area (Å²) in [6.07, 6.45) is -4.49. The molecule has 27 heavy (non-hydrogen) atoms. The second kappa shape index (κ2) is 7.31. The van der Waals surface area contributed by atoms with Crippen LogP contribution < -0.4 is 5.32 Å². The first-order valence-electron chi connectivity index (χ1n) is 7.55. The van der Waals surface area contributed by atoms with E-state index in [4.69, 9.17) is 5.11 Å². The van der Waals surface area contributed by atoms with Crippen molar-refractivity contribution in [1.82, 2.24) is 9.97 Å². The molecule has 0 bridgehead atoms. The number of rotatable bonds is 5. The van der Waals surface area contributed by atoms with Crippen LogP contribution in [0.25, 0.3) is 11.0 Å². The van der Waals surface area contributed by atoms with E-state index in [0.717, 1.165) is 23.9 Å². The summed E-state index contributed by atoms with van der Waals surface area (Å²) < 4.78 is 38.1. The number of aromatic nitrogens is 2. The number of alkyl halides is 3. The molecule has 0 saturated carbocycles. The van der Waals surface area contributed by atoms with E-state index >= 15 is 0 Å². The highest BCUT2D eigenvalue weighted by atomic mass is 32.2. The molecule has 3 aromatic rings. The normalized spacial score (nSPS) is 11.5. The van der Waals surface area contributed by atoms with Gasteiger partial charge in [0.15, 0.2) is 5.16 Å². The van der Waals surface area contributed by atoms with E-state index in [1.54, 1.807) is 6.07 Å². The lowest BCUT2D eigenvalue weighted by Crippen LogP contribution is -2.15. The highest BCUT2D eigenvalue weighted by Gasteiger charge is 2.30. The van der Waals surface area contributed by atoms with Gasteiger partial charge in [-0.3, -0.25) is 4.79 Å². The minimum absolute atomic E-state index is 0.0473. The summed E-state index contributed by atoms with van der Waals surface area (Å²) in [5, 5.41) is 11.8. The Morgan fingerprint density at radius 2 is 1.96 bits per heavy atom. The quantitative estimate of drug-likeness (QED) is 0.568. The topological polar surface area (TPSA) is 95.1 Å². The number of carbonyl (C=O) groups excluding carboxylic acids is 1. The van der Waals surface area contributed by atoms with Gasteiger partial charge in [0.1, 0.15) is 0 Å². The second-order valence-electron chi connectivity index (χ2n) is 5.49. The van der Waals surface area contributed by atoms with Crippen molar-refractivity contribution >= 4 is 40.4 Å². The van der Waals surface area contributed by atoms with Gasteiger partial charge in [0.2, 0.25) is 5.91 Å². The Morgan fingerprint density at radius 1 is 1.19 bits per heavy atom. The monoisotopic (exact) mass is 395 g/mol. The van der Waals surface area contributed by atoms with E-state index in [9.17, 15) is 22.8 Å². The second-order valence-corrected chi connectivity index (χ2v) is 6.46. The van der Waals surface area contributed by atoms with Crippen molar-refractivity contribution in [2.75, 3.05) is 11.1 Å². The van der Waals surface area contributed by atoms with Gasteiger partial charge in [0.25, 0.3) is 0 Å². The fourth-order valence-electron chi connectivity index (χ4n) is 2.29. The summed E-state index contributed by atoms with van der Waals surface area (Å²) in [6, 6.07) is 8.75. The molecule has 0 aliphatic heterocycles. The first kappa shape index (κ1) is 18.8. The predicted molar refractivity (Wildman–Crippen MR) is 93.9 cm³/mol. The molecule has 0 aliphatic carbocycles. The molecule has 1 amide bonds. The predicted octanol–water partition coefficient (Wildman–Crippen LogP) is 4.01. The number of hydrogen-bond acceptors (Lipinski definition) is 4. The number of carboxylic acids is 1. The van der Waals surface area contributed by atoms with E-state index in [2.05, 4.69) is 15.3 Å². The van der Waals surface area contributed by atoms with Crippen molar-refractivity contribution in [1.29, 1.82) is 0 Å². The van der Waals surface area contributed by atoms with Crippen molar-refractivity contribution in [3.63, 3.8) is 0 Å². The molecule has 0 fully saturated rings. The van der Waals surface area contributed by atoms with Gasteiger partial charge in [0, 0.05) is 5.69 Å². The molecule has 0 spiro atoms. The zero-order chi connectivity index (χ0) is 19.6. The molecular weight excluding hydrogens is 383 g/mol. The summed E-state index contributed by atoms with van der Waals surface area (Å²) in [4.78, 5) is 30.1. The largest absolute Gasteiger partial charge is 0.478 e. The van der Waals surface area contributed by atoms with Crippen molar-refractivity contribution in [2.24, 2.45) is 0 Å². The van der Waals surface area contributed by atoms with Crippen molar-refractivity contribution in [2.45, 2.75) is 11.3 Å². The molecule has 3 N–H and O–H groups in total. The molecule has 3 rings (SSSR count). The van der Waals surface area contributed by atoms with Crippen molar-refractivity contribution in [3.05, 3.63) is 53.6 Å². The number of amides is 1. The molecule has 1 aromatic heterocycles. The number of aromatic carboxylic acids is 1. The number of carboxylic acid groups (broad SMARTS) is 1. The summed E-state index contributed by atoms with van der Waals surface area (Å²) >= 11 is 1.05. The number of halogens is 3. The fourth-order valence-corrected chi connectivity index (χ4v) is 2.98. The van der Waals surface area contributed by atoms with E-state index in [0.29, 0.717) is 16.2 Å². The summed E-state index contributed by atoms with van der Waals surface area (Å²) in [6.45, 7) is 0.